The van der Waals surface area contributed by atoms with E-state index in [4.69, 9.17) is 0 Å². The zero-order valence-electron chi connectivity index (χ0n) is 13.7. The van der Waals surface area contributed by atoms with Gasteiger partial charge in [-0.2, -0.15) is 0 Å². The fourth-order valence-corrected chi connectivity index (χ4v) is 3.50. The van der Waals surface area contributed by atoms with Crippen molar-refractivity contribution >= 4 is 17.7 Å². The lowest BCUT2D eigenvalue weighted by Crippen LogP contribution is -2.45. The first-order chi connectivity index (χ1) is 9.23. The van der Waals surface area contributed by atoms with Gasteiger partial charge in [0.15, 0.2) is 0 Å². The fraction of sp³-hybridized carbons (Fsp3) is 0.588. The number of hydrogen-bond donors (Lipinski definition) is 0. The number of benzene rings is 1. The summed E-state index contributed by atoms with van der Waals surface area (Å²) < 4.78 is 0. The van der Waals surface area contributed by atoms with E-state index in [1.54, 1.807) is 11.8 Å². The lowest BCUT2D eigenvalue weighted by molar-refractivity contribution is -0.133. The summed E-state index contributed by atoms with van der Waals surface area (Å²) in [6.07, 6.45) is 0. The SMILES string of the molecule is Cc1ccc(C)c(SC(C)C(=O)N(C(C)C)C(C)C)c1. The minimum absolute atomic E-state index is 0.0553. The van der Waals surface area contributed by atoms with E-state index in [9.17, 15) is 4.79 Å². The minimum atomic E-state index is -0.0553. The first kappa shape index (κ1) is 17.1. The molecule has 0 spiro atoms. The summed E-state index contributed by atoms with van der Waals surface area (Å²) in [6.45, 7) is 14.5. The smallest absolute Gasteiger partial charge is 0.236 e. The Kier molecular flexibility index (Phi) is 6.12. The van der Waals surface area contributed by atoms with Gasteiger partial charge in [-0.25, -0.2) is 0 Å². The Morgan fingerprint density at radius 3 is 2.10 bits per heavy atom. The van der Waals surface area contributed by atoms with E-state index in [2.05, 4.69) is 59.7 Å². The fourth-order valence-electron chi connectivity index (χ4n) is 2.39. The Hall–Kier alpha value is -0.960. The van der Waals surface area contributed by atoms with Crippen molar-refractivity contribution in [2.75, 3.05) is 0 Å². The largest absolute Gasteiger partial charge is 0.337 e. The van der Waals surface area contributed by atoms with Crippen molar-refractivity contribution < 1.29 is 4.79 Å². The molecule has 0 N–H and O–H groups in total. The second-order valence-electron chi connectivity index (χ2n) is 5.96. The van der Waals surface area contributed by atoms with Crippen LogP contribution in [0.3, 0.4) is 0 Å². The highest BCUT2D eigenvalue weighted by atomic mass is 32.2. The molecular weight excluding hydrogens is 266 g/mol. The molecule has 0 saturated heterocycles. The van der Waals surface area contributed by atoms with E-state index in [0.717, 1.165) is 0 Å². The van der Waals surface area contributed by atoms with Crippen LogP contribution in [0, 0.1) is 13.8 Å². The Labute approximate surface area is 127 Å². The van der Waals surface area contributed by atoms with Crippen LogP contribution in [0.1, 0.15) is 45.7 Å². The van der Waals surface area contributed by atoms with E-state index in [1.807, 2.05) is 11.8 Å². The monoisotopic (exact) mass is 293 g/mol. The van der Waals surface area contributed by atoms with Gasteiger partial charge in [0.2, 0.25) is 5.91 Å². The van der Waals surface area contributed by atoms with Crippen LogP contribution in [0.4, 0.5) is 0 Å². The average Bonchev–Trinajstić information content (AvgIpc) is 2.32. The average molecular weight is 293 g/mol. The Bertz CT molecular complexity index is 460. The molecule has 2 nitrogen and oxygen atoms in total. The van der Waals surface area contributed by atoms with Crippen molar-refractivity contribution in [3.05, 3.63) is 29.3 Å². The zero-order chi connectivity index (χ0) is 15.4. The Morgan fingerprint density at radius 2 is 1.60 bits per heavy atom. The third kappa shape index (κ3) is 4.27. The standard InChI is InChI=1S/C17H27NOS/c1-11(2)18(12(3)4)17(19)15(7)20-16-10-13(5)8-9-14(16)6/h8-12,15H,1-7H3. The van der Waals surface area contributed by atoms with Crippen molar-refractivity contribution in [3.8, 4) is 0 Å². The van der Waals surface area contributed by atoms with Crippen molar-refractivity contribution in [1.29, 1.82) is 0 Å². The first-order valence-electron chi connectivity index (χ1n) is 7.30. The van der Waals surface area contributed by atoms with E-state index < -0.39 is 0 Å². The molecule has 1 aromatic rings. The zero-order valence-corrected chi connectivity index (χ0v) is 14.5. The number of amides is 1. The minimum Gasteiger partial charge on any atom is -0.337 e. The van der Waals surface area contributed by atoms with E-state index in [-0.39, 0.29) is 23.2 Å². The third-order valence-electron chi connectivity index (χ3n) is 3.36. The van der Waals surface area contributed by atoms with Crippen LogP contribution in [0.5, 0.6) is 0 Å². The molecule has 0 saturated carbocycles. The van der Waals surface area contributed by atoms with Crippen LogP contribution in [0.15, 0.2) is 23.1 Å². The quantitative estimate of drug-likeness (QED) is 0.749. The first-order valence-corrected chi connectivity index (χ1v) is 8.18. The summed E-state index contributed by atoms with van der Waals surface area (Å²) in [5.41, 5.74) is 2.48. The molecule has 0 aliphatic heterocycles. The number of thioether (sulfide) groups is 1. The molecule has 0 heterocycles. The second-order valence-corrected chi connectivity index (χ2v) is 7.34. The number of nitrogens with zero attached hydrogens (tertiary/aromatic N) is 1. The normalized spacial score (nSPS) is 12.8. The molecule has 0 aliphatic carbocycles. The number of hydrogen-bond acceptors (Lipinski definition) is 2. The highest BCUT2D eigenvalue weighted by molar-refractivity contribution is 8.00. The molecule has 0 aliphatic rings. The maximum atomic E-state index is 12.6. The molecular formula is C17H27NOS. The van der Waals surface area contributed by atoms with Crippen molar-refractivity contribution in [2.24, 2.45) is 0 Å². The van der Waals surface area contributed by atoms with Gasteiger partial charge in [0.25, 0.3) is 0 Å². The highest BCUT2D eigenvalue weighted by Crippen LogP contribution is 2.29. The molecule has 3 heteroatoms. The van der Waals surface area contributed by atoms with Gasteiger partial charge in [0.1, 0.15) is 0 Å². The Morgan fingerprint density at radius 1 is 1.05 bits per heavy atom. The van der Waals surface area contributed by atoms with Crippen LogP contribution in [-0.4, -0.2) is 28.1 Å². The van der Waals surface area contributed by atoms with Gasteiger partial charge in [-0.3, -0.25) is 4.79 Å². The second kappa shape index (κ2) is 7.16. The van der Waals surface area contributed by atoms with Gasteiger partial charge in [-0.1, -0.05) is 17.7 Å². The summed E-state index contributed by atoms with van der Waals surface area (Å²) in [6, 6.07) is 6.88. The lowest BCUT2D eigenvalue weighted by atomic mass is 10.2. The van der Waals surface area contributed by atoms with Gasteiger partial charge >= 0.3 is 0 Å². The maximum absolute atomic E-state index is 12.6. The number of aryl methyl sites for hydroxylation is 2. The van der Waals surface area contributed by atoms with Crippen LogP contribution >= 0.6 is 11.8 Å². The molecule has 0 aromatic heterocycles. The number of rotatable bonds is 5. The molecule has 1 atom stereocenters. The highest BCUT2D eigenvalue weighted by Gasteiger charge is 2.25. The van der Waals surface area contributed by atoms with Crippen molar-refractivity contribution in [3.63, 3.8) is 0 Å². The van der Waals surface area contributed by atoms with Gasteiger partial charge in [-0.15, -0.1) is 11.8 Å². The predicted octanol–water partition coefficient (Wildman–Crippen LogP) is 4.43. The molecule has 0 radical (unpaired) electrons. The summed E-state index contributed by atoms with van der Waals surface area (Å²) in [4.78, 5) is 15.8. The topological polar surface area (TPSA) is 20.3 Å². The van der Waals surface area contributed by atoms with Gasteiger partial charge in [-0.05, 0) is 60.1 Å². The van der Waals surface area contributed by atoms with E-state index in [0.29, 0.717) is 0 Å². The molecule has 0 bridgehead atoms. The van der Waals surface area contributed by atoms with Crippen LogP contribution in [0.25, 0.3) is 0 Å². The van der Waals surface area contributed by atoms with Gasteiger partial charge in [0.05, 0.1) is 5.25 Å². The Balaban J connectivity index is 2.87. The lowest BCUT2D eigenvalue weighted by Gasteiger charge is -2.33. The number of carbonyl (C=O) groups excluding carboxylic acids is 1. The van der Waals surface area contributed by atoms with E-state index >= 15 is 0 Å². The molecule has 112 valence electrons. The predicted molar refractivity (Wildman–Crippen MR) is 88.4 cm³/mol. The maximum Gasteiger partial charge on any atom is 0.236 e. The molecule has 1 rings (SSSR count). The number of carbonyl (C=O) groups is 1. The van der Waals surface area contributed by atoms with Gasteiger partial charge in [0, 0.05) is 17.0 Å². The van der Waals surface area contributed by atoms with Crippen LogP contribution in [0.2, 0.25) is 0 Å². The van der Waals surface area contributed by atoms with Gasteiger partial charge < -0.3 is 4.90 Å². The summed E-state index contributed by atoms with van der Waals surface area (Å²) in [5.74, 6) is 0.223. The molecule has 1 aromatic carbocycles. The molecule has 1 unspecified atom stereocenters. The van der Waals surface area contributed by atoms with Crippen molar-refractivity contribution in [2.45, 2.75) is 70.7 Å². The summed E-state index contributed by atoms with van der Waals surface area (Å²) in [7, 11) is 0. The third-order valence-corrected chi connectivity index (χ3v) is 4.61. The molecule has 20 heavy (non-hydrogen) atoms. The molecule has 1 amide bonds. The van der Waals surface area contributed by atoms with E-state index in [1.165, 1.54) is 16.0 Å². The van der Waals surface area contributed by atoms with Crippen LogP contribution < -0.4 is 0 Å². The molecule has 0 fully saturated rings. The van der Waals surface area contributed by atoms with Crippen LogP contribution in [-0.2, 0) is 4.79 Å². The summed E-state index contributed by atoms with van der Waals surface area (Å²) in [5, 5.41) is -0.0553. The van der Waals surface area contributed by atoms with Crippen molar-refractivity contribution in [1.82, 2.24) is 4.90 Å². The summed E-state index contributed by atoms with van der Waals surface area (Å²) >= 11 is 1.66.